The fourth-order valence-corrected chi connectivity index (χ4v) is 2.72. The van der Waals surface area contributed by atoms with Crippen molar-refractivity contribution in [3.05, 3.63) is 53.6 Å². The van der Waals surface area contributed by atoms with Gasteiger partial charge in [-0.05, 0) is 30.7 Å². The number of cyclic esters (lactones) is 1. The number of amides is 1. The first-order chi connectivity index (χ1) is 12.1. The summed E-state index contributed by atoms with van der Waals surface area (Å²) in [5.74, 6) is 0.256. The quantitative estimate of drug-likeness (QED) is 0.847. The minimum atomic E-state index is -0.861. The number of methoxy groups -OCH3 is 1. The Bertz CT molecular complexity index is 802. The molecule has 0 spiro atoms. The van der Waals surface area contributed by atoms with Crippen molar-refractivity contribution in [2.75, 3.05) is 19.0 Å². The second-order valence-corrected chi connectivity index (χ2v) is 5.54. The summed E-state index contributed by atoms with van der Waals surface area (Å²) in [7, 11) is 1.53. The van der Waals surface area contributed by atoms with Crippen molar-refractivity contribution in [3.8, 4) is 11.5 Å². The lowest BCUT2D eigenvalue weighted by Gasteiger charge is -2.23. The van der Waals surface area contributed by atoms with Crippen LogP contribution in [0.5, 0.6) is 11.5 Å². The number of esters is 1. The van der Waals surface area contributed by atoms with E-state index in [1.807, 2.05) is 19.1 Å². The molecule has 1 aliphatic rings. The molecule has 1 heterocycles. The summed E-state index contributed by atoms with van der Waals surface area (Å²) in [6, 6.07) is 12.2. The molecule has 0 saturated carbocycles. The second kappa shape index (κ2) is 7.25. The van der Waals surface area contributed by atoms with Crippen molar-refractivity contribution in [2.45, 2.75) is 19.4 Å². The zero-order chi connectivity index (χ0) is 17.8. The predicted octanol–water partition coefficient (Wildman–Crippen LogP) is 2.81. The Labute approximate surface area is 145 Å². The lowest BCUT2D eigenvalue weighted by Crippen LogP contribution is -2.37. The highest BCUT2D eigenvalue weighted by Gasteiger charge is 2.31. The van der Waals surface area contributed by atoms with E-state index in [-0.39, 0.29) is 5.91 Å². The summed E-state index contributed by atoms with van der Waals surface area (Å²) < 4.78 is 16.0. The molecule has 1 N–H and O–H groups in total. The Kier molecular flexibility index (Phi) is 4.88. The van der Waals surface area contributed by atoms with Gasteiger partial charge in [0, 0.05) is 18.2 Å². The Morgan fingerprint density at radius 3 is 2.80 bits per heavy atom. The van der Waals surface area contributed by atoms with Crippen molar-refractivity contribution in [1.29, 1.82) is 0 Å². The fraction of sp³-hybridized carbons (Fsp3) is 0.263. The van der Waals surface area contributed by atoms with E-state index in [9.17, 15) is 9.59 Å². The SMILES string of the molecule is CCOc1ccc(NC(=O)[C@H]2Cc3ccccc3C(=O)O2)cc1OC. The molecule has 0 fully saturated rings. The van der Waals surface area contributed by atoms with Crippen LogP contribution < -0.4 is 14.8 Å². The third-order valence-corrected chi connectivity index (χ3v) is 3.92. The van der Waals surface area contributed by atoms with E-state index in [1.54, 1.807) is 30.3 Å². The first-order valence-electron chi connectivity index (χ1n) is 8.03. The van der Waals surface area contributed by atoms with E-state index in [0.29, 0.717) is 35.8 Å². The molecule has 3 rings (SSSR count). The van der Waals surface area contributed by atoms with Crippen LogP contribution in [0.2, 0.25) is 0 Å². The van der Waals surface area contributed by atoms with Gasteiger partial charge in [-0.2, -0.15) is 0 Å². The van der Waals surface area contributed by atoms with Gasteiger partial charge in [0.1, 0.15) is 0 Å². The molecule has 0 saturated heterocycles. The molecule has 2 aromatic rings. The van der Waals surface area contributed by atoms with E-state index in [2.05, 4.69) is 5.32 Å². The zero-order valence-electron chi connectivity index (χ0n) is 14.1. The molecule has 0 aliphatic carbocycles. The van der Waals surface area contributed by atoms with Gasteiger partial charge in [-0.1, -0.05) is 18.2 Å². The van der Waals surface area contributed by atoms with Crippen LogP contribution in [0.1, 0.15) is 22.8 Å². The van der Waals surface area contributed by atoms with E-state index in [1.165, 1.54) is 7.11 Å². The number of carbonyl (C=O) groups is 2. The molecular formula is C19H19NO5. The summed E-state index contributed by atoms with van der Waals surface area (Å²) in [6.45, 7) is 2.39. The number of nitrogens with one attached hydrogen (secondary N) is 1. The van der Waals surface area contributed by atoms with Gasteiger partial charge in [0.2, 0.25) is 0 Å². The first-order valence-corrected chi connectivity index (χ1v) is 8.03. The van der Waals surface area contributed by atoms with Crippen LogP contribution >= 0.6 is 0 Å². The topological polar surface area (TPSA) is 73.9 Å². The van der Waals surface area contributed by atoms with Crippen molar-refractivity contribution in [1.82, 2.24) is 0 Å². The van der Waals surface area contributed by atoms with Crippen molar-refractivity contribution < 1.29 is 23.8 Å². The van der Waals surface area contributed by atoms with Gasteiger partial charge < -0.3 is 19.5 Å². The summed E-state index contributed by atoms with van der Waals surface area (Å²) in [5.41, 5.74) is 1.86. The Morgan fingerprint density at radius 1 is 1.24 bits per heavy atom. The fourth-order valence-electron chi connectivity index (χ4n) is 2.72. The molecule has 6 nitrogen and oxygen atoms in total. The molecule has 0 bridgehead atoms. The van der Waals surface area contributed by atoms with Gasteiger partial charge >= 0.3 is 5.97 Å². The van der Waals surface area contributed by atoms with Gasteiger partial charge in [0.05, 0.1) is 19.3 Å². The van der Waals surface area contributed by atoms with Crippen LogP contribution in [-0.4, -0.2) is 31.7 Å². The standard InChI is InChI=1S/C19H19NO5/c1-3-24-15-9-8-13(11-16(15)23-2)20-18(21)17-10-12-6-4-5-7-14(12)19(22)25-17/h4-9,11,17H,3,10H2,1-2H3,(H,20,21)/t17-/m1/s1. The maximum absolute atomic E-state index is 12.5. The minimum absolute atomic E-state index is 0.349. The van der Waals surface area contributed by atoms with Crippen LogP contribution in [0.25, 0.3) is 0 Å². The third-order valence-electron chi connectivity index (χ3n) is 3.92. The number of anilines is 1. The molecule has 1 aliphatic heterocycles. The normalized spacial score (nSPS) is 15.8. The van der Waals surface area contributed by atoms with E-state index in [0.717, 1.165) is 5.56 Å². The van der Waals surface area contributed by atoms with E-state index < -0.39 is 12.1 Å². The number of carbonyl (C=O) groups excluding carboxylic acids is 2. The van der Waals surface area contributed by atoms with Gasteiger partial charge in [-0.3, -0.25) is 4.79 Å². The average molecular weight is 341 g/mol. The molecule has 25 heavy (non-hydrogen) atoms. The maximum atomic E-state index is 12.5. The average Bonchev–Trinajstić information content (AvgIpc) is 2.63. The molecule has 1 atom stereocenters. The molecule has 0 aromatic heterocycles. The van der Waals surface area contributed by atoms with Gasteiger partial charge in [-0.15, -0.1) is 0 Å². The van der Waals surface area contributed by atoms with Crippen LogP contribution in [0.15, 0.2) is 42.5 Å². The predicted molar refractivity (Wildman–Crippen MR) is 92.1 cm³/mol. The molecule has 0 radical (unpaired) electrons. The number of hydrogen-bond donors (Lipinski definition) is 1. The zero-order valence-corrected chi connectivity index (χ0v) is 14.1. The molecule has 1 amide bonds. The Hall–Kier alpha value is -3.02. The lowest BCUT2D eigenvalue weighted by atomic mass is 9.98. The third kappa shape index (κ3) is 3.57. The number of benzene rings is 2. The number of fused-ring (bicyclic) bond motifs is 1. The van der Waals surface area contributed by atoms with Crippen LogP contribution in [0, 0.1) is 0 Å². The maximum Gasteiger partial charge on any atom is 0.339 e. The highest BCUT2D eigenvalue weighted by Crippen LogP contribution is 2.30. The minimum Gasteiger partial charge on any atom is -0.493 e. The Morgan fingerprint density at radius 2 is 2.04 bits per heavy atom. The lowest BCUT2D eigenvalue weighted by molar-refractivity contribution is -0.125. The van der Waals surface area contributed by atoms with Gasteiger partial charge in [-0.25, -0.2) is 4.79 Å². The Balaban J connectivity index is 1.74. The summed E-state index contributed by atoms with van der Waals surface area (Å²) >= 11 is 0. The van der Waals surface area contributed by atoms with Crippen molar-refractivity contribution in [2.24, 2.45) is 0 Å². The van der Waals surface area contributed by atoms with Crippen molar-refractivity contribution >= 4 is 17.6 Å². The first kappa shape index (κ1) is 16.8. The van der Waals surface area contributed by atoms with E-state index in [4.69, 9.17) is 14.2 Å². The smallest absolute Gasteiger partial charge is 0.339 e. The molecule has 6 heteroatoms. The van der Waals surface area contributed by atoms with Crippen LogP contribution in [0.3, 0.4) is 0 Å². The molecule has 0 unspecified atom stereocenters. The number of hydrogen-bond acceptors (Lipinski definition) is 5. The summed E-state index contributed by atoms with van der Waals surface area (Å²) in [4.78, 5) is 24.5. The summed E-state index contributed by atoms with van der Waals surface area (Å²) in [6.07, 6.45) is -0.512. The second-order valence-electron chi connectivity index (χ2n) is 5.54. The van der Waals surface area contributed by atoms with Gasteiger partial charge in [0.25, 0.3) is 5.91 Å². The highest BCUT2D eigenvalue weighted by atomic mass is 16.5. The summed E-state index contributed by atoms with van der Waals surface area (Å²) in [5, 5.41) is 2.76. The monoisotopic (exact) mass is 341 g/mol. The van der Waals surface area contributed by atoms with Crippen LogP contribution in [0.4, 0.5) is 5.69 Å². The van der Waals surface area contributed by atoms with Crippen LogP contribution in [-0.2, 0) is 16.0 Å². The molecule has 130 valence electrons. The number of rotatable bonds is 5. The highest BCUT2D eigenvalue weighted by molar-refractivity contribution is 6.00. The van der Waals surface area contributed by atoms with E-state index >= 15 is 0 Å². The number of ether oxygens (including phenoxy) is 3. The largest absolute Gasteiger partial charge is 0.493 e. The van der Waals surface area contributed by atoms with Crippen molar-refractivity contribution in [3.63, 3.8) is 0 Å². The van der Waals surface area contributed by atoms with Gasteiger partial charge in [0.15, 0.2) is 17.6 Å². The molecule has 2 aromatic carbocycles. The molecular weight excluding hydrogens is 322 g/mol.